The maximum atomic E-state index is 9.55. The third-order valence-electron chi connectivity index (χ3n) is 3.12. The molecule has 20 heavy (non-hydrogen) atoms. The number of hydrogen-bond donors (Lipinski definition) is 1. The van der Waals surface area contributed by atoms with E-state index in [1.54, 1.807) is 14.0 Å². The van der Waals surface area contributed by atoms with Crippen LogP contribution < -0.4 is 10.4 Å². The molecule has 3 nitrogen and oxygen atoms in total. The highest BCUT2D eigenvalue weighted by atomic mass is 28.4. The number of hydrogen-bond acceptors (Lipinski definition) is 3. The Bertz CT molecular complexity index is 474. The first kappa shape index (κ1) is 14.9. The Morgan fingerprint density at radius 3 is 1.75 bits per heavy atom. The minimum absolute atomic E-state index is 0.254. The quantitative estimate of drug-likeness (QED) is 0.814. The maximum absolute atomic E-state index is 9.55. The predicted molar refractivity (Wildman–Crippen MR) is 82.5 cm³/mol. The summed E-state index contributed by atoms with van der Waals surface area (Å²) in [6, 6.07) is 19.9. The van der Waals surface area contributed by atoms with Crippen molar-refractivity contribution in [3.8, 4) is 0 Å². The zero-order valence-electron chi connectivity index (χ0n) is 11.8. The molecule has 0 aliphatic heterocycles. The molecule has 1 N–H and O–H groups in total. The Labute approximate surface area is 121 Å². The minimum Gasteiger partial charge on any atom is -0.391 e. The van der Waals surface area contributed by atoms with Crippen LogP contribution in [0.4, 0.5) is 0 Å². The summed E-state index contributed by atoms with van der Waals surface area (Å²) in [4.78, 5) is 0. The molecule has 2 rings (SSSR count). The molecule has 106 valence electrons. The summed E-state index contributed by atoms with van der Waals surface area (Å²) in [6.45, 7) is 1.97. The van der Waals surface area contributed by atoms with Gasteiger partial charge in [-0.3, -0.25) is 0 Å². The normalized spacial score (nSPS) is 13.2. The van der Waals surface area contributed by atoms with Crippen molar-refractivity contribution >= 4 is 18.9 Å². The van der Waals surface area contributed by atoms with Gasteiger partial charge in [0.15, 0.2) is 0 Å². The maximum Gasteiger partial charge on any atom is 0.406 e. The molecule has 0 amide bonds. The van der Waals surface area contributed by atoms with Crippen LogP contribution in [0.1, 0.15) is 6.92 Å². The second-order valence-electron chi connectivity index (χ2n) is 4.71. The van der Waals surface area contributed by atoms with Crippen molar-refractivity contribution in [3.63, 3.8) is 0 Å². The van der Waals surface area contributed by atoms with Gasteiger partial charge in [0.05, 0.1) is 12.7 Å². The van der Waals surface area contributed by atoms with Gasteiger partial charge >= 0.3 is 8.56 Å². The van der Waals surface area contributed by atoms with Gasteiger partial charge in [-0.05, 0) is 17.3 Å². The Balaban J connectivity index is 2.46. The molecule has 0 radical (unpaired) electrons. The molecule has 1 atom stereocenters. The number of benzene rings is 2. The van der Waals surface area contributed by atoms with E-state index in [0.29, 0.717) is 0 Å². The number of aliphatic hydroxyl groups excluding tert-OH is 1. The average molecular weight is 288 g/mol. The van der Waals surface area contributed by atoms with Crippen LogP contribution in [-0.2, 0) is 8.85 Å². The Kier molecular flexibility index (Phi) is 5.09. The molecular formula is C16H20O3Si. The van der Waals surface area contributed by atoms with Crippen molar-refractivity contribution in [1.29, 1.82) is 0 Å². The van der Waals surface area contributed by atoms with Gasteiger partial charge < -0.3 is 14.0 Å². The van der Waals surface area contributed by atoms with Crippen LogP contribution in [0.15, 0.2) is 60.7 Å². The van der Waals surface area contributed by atoms with E-state index in [2.05, 4.69) is 0 Å². The third kappa shape index (κ3) is 3.16. The Morgan fingerprint density at radius 1 is 0.950 bits per heavy atom. The monoisotopic (exact) mass is 288 g/mol. The van der Waals surface area contributed by atoms with Crippen molar-refractivity contribution in [1.82, 2.24) is 0 Å². The van der Waals surface area contributed by atoms with Crippen LogP contribution in [0, 0.1) is 0 Å². The Morgan fingerprint density at radius 2 is 1.40 bits per heavy atom. The highest BCUT2D eigenvalue weighted by Crippen LogP contribution is 2.09. The summed E-state index contributed by atoms with van der Waals surface area (Å²) in [5.74, 6) is 0. The second kappa shape index (κ2) is 6.81. The van der Waals surface area contributed by atoms with E-state index in [4.69, 9.17) is 8.85 Å². The van der Waals surface area contributed by atoms with Gasteiger partial charge in [0, 0.05) is 7.11 Å². The Hall–Kier alpha value is -1.46. The third-order valence-corrected chi connectivity index (χ3v) is 6.46. The highest BCUT2D eigenvalue weighted by Gasteiger charge is 2.41. The van der Waals surface area contributed by atoms with E-state index in [9.17, 15) is 5.11 Å². The molecule has 2 aromatic carbocycles. The molecule has 0 aliphatic carbocycles. The molecule has 0 fully saturated rings. The number of rotatable bonds is 6. The summed E-state index contributed by atoms with van der Waals surface area (Å²) in [5.41, 5.74) is 0. The fourth-order valence-electron chi connectivity index (χ4n) is 2.18. The molecule has 0 saturated heterocycles. The van der Waals surface area contributed by atoms with Gasteiger partial charge in [-0.2, -0.15) is 0 Å². The van der Waals surface area contributed by atoms with Crippen molar-refractivity contribution in [2.24, 2.45) is 0 Å². The topological polar surface area (TPSA) is 38.7 Å². The first-order valence-corrected chi connectivity index (χ1v) is 8.49. The minimum atomic E-state index is -2.74. The molecule has 1 unspecified atom stereocenters. The summed E-state index contributed by atoms with van der Waals surface area (Å²) in [6.07, 6.45) is -0.524. The summed E-state index contributed by atoms with van der Waals surface area (Å²) in [7, 11) is -1.07. The first-order valence-electron chi connectivity index (χ1n) is 6.67. The van der Waals surface area contributed by atoms with E-state index in [1.807, 2.05) is 60.7 Å². The molecule has 0 aliphatic rings. The zero-order valence-corrected chi connectivity index (χ0v) is 12.8. The van der Waals surface area contributed by atoms with Crippen LogP contribution in [0.5, 0.6) is 0 Å². The van der Waals surface area contributed by atoms with E-state index in [0.717, 1.165) is 10.4 Å². The van der Waals surface area contributed by atoms with Crippen LogP contribution >= 0.6 is 0 Å². The highest BCUT2D eigenvalue weighted by molar-refractivity contribution is 6.92. The lowest BCUT2D eigenvalue weighted by atomic mass is 10.4. The summed E-state index contributed by atoms with van der Waals surface area (Å²) >= 11 is 0. The van der Waals surface area contributed by atoms with E-state index in [1.165, 1.54) is 0 Å². The zero-order chi connectivity index (χ0) is 14.4. The van der Waals surface area contributed by atoms with Gasteiger partial charge in [0.2, 0.25) is 0 Å². The standard InChI is InChI=1S/C16H20O3Si/c1-14(17)13-19-20(18-2,15-9-5-3-6-10-15)16-11-7-4-8-12-16/h3-12,14,17H,13H2,1-2H3. The molecule has 4 heteroatoms. The molecule has 2 aromatic rings. The SMILES string of the molecule is CO[Si](OCC(C)O)(c1ccccc1)c1ccccc1. The molecular weight excluding hydrogens is 268 g/mol. The smallest absolute Gasteiger partial charge is 0.391 e. The van der Waals surface area contributed by atoms with Gasteiger partial charge in [-0.15, -0.1) is 0 Å². The van der Waals surface area contributed by atoms with Gasteiger partial charge in [-0.1, -0.05) is 60.7 Å². The van der Waals surface area contributed by atoms with Gasteiger partial charge in [0.1, 0.15) is 0 Å². The van der Waals surface area contributed by atoms with Gasteiger partial charge in [0.25, 0.3) is 0 Å². The first-order chi connectivity index (χ1) is 9.69. The van der Waals surface area contributed by atoms with Crippen molar-refractivity contribution in [2.45, 2.75) is 13.0 Å². The summed E-state index contributed by atoms with van der Waals surface area (Å²) in [5, 5.41) is 11.6. The van der Waals surface area contributed by atoms with Crippen LogP contribution in [-0.4, -0.2) is 33.5 Å². The van der Waals surface area contributed by atoms with Crippen LogP contribution in [0.25, 0.3) is 0 Å². The van der Waals surface area contributed by atoms with Crippen molar-refractivity contribution in [3.05, 3.63) is 60.7 Å². The largest absolute Gasteiger partial charge is 0.406 e. The lowest BCUT2D eigenvalue weighted by molar-refractivity contribution is 0.102. The van der Waals surface area contributed by atoms with E-state index in [-0.39, 0.29) is 6.61 Å². The lowest BCUT2D eigenvalue weighted by Crippen LogP contribution is -2.63. The fraction of sp³-hybridized carbons (Fsp3) is 0.250. The molecule has 0 aromatic heterocycles. The molecule has 0 bridgehead atoms. The molecule has 0 saturated carbocycles. The van der Waals surface area contributed by atoms with E-state index < -0.39 is 14.7 Å². The molecule has 0 heterocycles. The summed E-state index contributed by atoms with van der Waals surface area (Å²) < 4.78 is 11.9. The van der Waals surface area contributed by atoms with Crippen molar-refractivity contribution in [2.75, 3.05) is 13.7 Å². The molecule has 0 spiro atoms. The van der Waals surface area contributed by atoms with Crippen LogP contribution in [0.3, 0.4) is 0 Å². The number of aliphatic hydroxyl groups is 1. The fourth-order valence-corrected chi connectivity index (χ4v) is 5.18. The lowest BCUT2D eigenvalue weighted by Gasteiger charge is -2.30. The van der Waals surface area contributed by atoms with E-state index >= 15 is 0 Å². The van der Waals surface area contributed by atoms with Crippen molar-refractivity contribution < 1.29 is 14.0 Å². The van der Waals surface area contributed by atoms with Crippen LogP contribution in [0.2, 0.25) is 0 Å². The average Bonchev–Trinajstić information content (AvgIpc) is 2.50. The predicted octanol–water partition coefficient (Wildman–Crippen LogP) is 1.29. The second-order valence-corrected chi connectivity index (χ2v) is 7.80. The van der Waals surface area contributed by atoms with Gasteiger partial charge in [-0.25, -0.2) is 0 Å².